The van der Waals surface area contributed by atoms with Crippen LogP contribution in [0.3, 0.4) is 0 Å². The molecular formula is C9H11F6N5. The lowest BCUT2D eigenvalue weighted by Crippen LogP contribution is -2.34. The van der Waals surface area contributed by atoms with Crippen molar-refractivity contribution in [1.29, 1.82) is 0 Å². The molecule has 5 nitrogen and oxygen atoms in total. The Morgan fingerprint density at radius 2 is 1.50 bits per heavy atom. The molecule has 3 N–H and O–H groups in total. The first-order valence-electron chi connectivity index (χ1n) is 5.32. The second-order valence-corrected chi connectivity index (χ2v) is 4.05. The number of hydrogen-bond acceptors (Lipinski definition) is 5. The fraction of sp³-hybridized carbons (Fsp3) is 0.667. The van der Waals surface area contributed by atoms with Gasteiger partial charge in [0.05, 0.1) is 0 Å². The first-order valence-corrected chi connectivity index (χ1v) is 5.32. The van der Waals surface area contributed by atoms with Crippen LogP contribution in [0.4, 0.5) is 38.2 Å². The van der Waals surface area contributed by atoms with Gasteiger partial charge in [0.2, 0.25) is 11.9 Å². The topological polar surface area (TPSA) is 76.7 Å². The van der Waals surface area contributed by atoms with Gasteiger partial charge in [-0.1, -0.05) is 0 Å². The third-order valence-corrected chi connectivity index (χ3v) is 2.38. The van der Waals surface area contributed by atoms with E-state index in [4.69, 9.17) is 5.73 Å². The fourth-order valence-corrected chi connectivity index (χ4v) is 1.09. The summed E-state index contributed by atoms with van der Waals surface area (Å²) in [7, 11) is 0. The molecule has 0 spiro atoms. The van der Waals surface area contributed by atoms with E-state index in [0.29, 0.717) is 0 Å². The highest BCUT2D eigenvalue weighted by molar-refractivity contribution is 5.33. The molecule has 0 aliphatic rings. The minimum atomic E-state index is -4.64. The lowest BCUT2D eigenvalue weighted by Gasteiger charge is -2.19. The van der Waals surface area contributed by atoms with Crippen LogP contribution in [-0.2, 0) is 0 Å². The van der Waals surface area contributed by atoms with Crippen molar-refractivity contribution in [2.24, 2.45) is 0 Å². The Hall–Kier alpha value is -1.81. The number of nitrogen functional groups attached to an aromatic ring is 1. The third kappa shape index (κ3) is 4.10. The summed E-state index contributed by atoms with van der Waals surface area (Å²) >= 11 is 0. The lowest BCUT2D eigenvalue weighted by molar-refractivity contribution is -0.148. The molecule has 0 aliphatic heterocycles. The number of alkyl halides is 6. The van der Waals surface area contributed by atoms with Gasteiger partial charge in [-0.3, -0.25) is 0 Å². The Bertz CT molecular complexity index is 471. The molecule has 1 aromatic heterocycles. The van der Waals surface area contributed by atoms with Crippen LogP contribution in [0.2, 0.25) is 0 Å². The standard InChI is InChI=1S/C9H11F6N5/c1-3(8(10,11)12)5-18-6(16)20-7(19-5)17-4(2)9(13,14)15/h3-4H,1-2H3,(H3,16,17,18,19,20). The summed E-state index contributed by atoms with van der Waals surface area (Å²) in [6.45, 7) is 1.54. The molecule has 1 rings (SSSR count). The monoisotopic (exact) mass is 303 g/mol. The Morgan fingerprint density at radius 1 is 0.950 bits per heavy atom. The number of nitrogens with two attached hydrogens (primary N) is 1. The van der Waals surface area contributed by atoms with Crippen molar-refractivity contribution < 1.29 is 26.3 Å². The van der Waals surface area contributed by atoms with Gasteiger partial charge in [0.15, 0.2) is 0 Å². The molecule has 114 valence electrons. The van der Waals surface area contributed by atoms with Crippen molar-refractivity contribution in [2.45, 2.75) is 38.2 Å². The zero-order valence-corrected chi connectivity index (χ0v) is 10.3. The molecular weight excluding hydrogens is 292 g/mol. The average molecular weight is 303 g/mol. The smallest absolute Gasteiger partial charge is 0.368 e. The molecule has 0 radical (unpaired) electrons. The van der Waals surface area contributed by atoms with Gasteiger partial charge in [-0.05, 0) is 13.8 Å². The molecule has 0 aliphatic carbocycles. The van der Waals surface area contributed by atoms with Gasteiger partial charge >= 0.3 is 12.4 Å². The number of hydrogen-bond donors (Lipinski definition) is 2. The van der Waals surface area contributed by atoms with Crippen LogP contribution in [0.5, 0.6) is 0 Å². The van der Waals surface area contributed by atoms with Crippen molar-refractivity contribution in [2.75, 3.05) is 11.1 Å². The number of rotatable bonds is 3. The minimum absolute atomic E-state index is 0.594. The fourth-order valence-electron chi connectivity index (χ4n) is 1.09. The number of nitrogens with one attached hydrogen (secondary N) is 1. The first kappa shape index (κ1) is 16.2. The Kier molecular flexibility index (Phi) is 4.30. The summed E-state index contributed by atoms with van der Waals surface area (Å²) in [5.41, 5.74) is 5.17. The van der Waals surface area contributed by atoms with Crippen molar-refractivity contribution in [3.63, 3.8) is 0 Å². The quantitative estimate of drug-likeness (QED) is 0.839. The maximum Gasteiger partial charge on any atom is 0.408 e. The Balaban J connectivity index is 3.04. The van der Waals surface area contributed by atoms with Crippen LogP contribution < -0.4 is 11.1 Å². The predicted octanol–water partition coefficient (Wildman–Crippen LogP) is 2.48. The van der Waals surface area contributed by atoms with Crippen molar-refractivity contribution >= 4 is 11.9 Å². The molecule has 0 saturated heterocycles. The van der Waals surface area contributed by atoms with Gasteiger partial charge in [0.1, 0.15) is 17.8 Å². The Labute approximate surface area is 109 Å². The van der Waals surface area contributed by atoms with Crippen molar-refractivity contribution in [1.82, 2.24) is 15.0 Å². The highest BCUT2D eigenvalue weighted by atomic mass is 19.4. The van der Waals surface area contributed by atoms with Crippen LogP contribution in [0, 0.1) is 0 Å². The van der Waals surface area contributed by atoms with Crippen LogP contribution in [0.25, 0.3) is 0 Å². The van der Waals surface area contributed by atoms with Gasteiger partial charge in [0, 0.05) is 0 Å². The first-order chi connectivity index (χ1) is 8.91. The predicted molar refractivity (Wildman–Crippen MR) is 57.8 cm³/mol. The Morgan fingerprint density at radius 3 is 1.95 bits per heavy atom. The molecule has 0 fully saturated rings. The highest BCUT2D eigenvalue weighted by Gasteiger charge is 2.40. The summed E-state index contributed by atoms with van der Waals surface area (Å²) in [5.74, 6) is -4.08. The molecule has 1 aromatic rings. The van der Waals surface area contributed by atoms with E-state index in [1.165, 1.54) is 0 Å². The third-order valence-electron chi connectivity index (χ3n) is 2.38. The molecule has 2 unspecified atom stereocenters. The van der Waals surface area contributed by atoms with E-state index in [1.54, 1.807) is 0 Å². The van der Waals surface area contributed by atoms with Gasteiger partial charge in [0.25, 0.3) is 0 Å². The molecule has 0 aromatic carbocycles. The second-order valence-electron chi connectivity index (χ2n) is 4.05. The average Bonchev–Trinajstić information content (AvgIpc) is 2.24. The number of nitrogens with zero attached hydrogens (tertiary/aromatic N) is 3. The molecule has 1 heterocycles. The molecule has 0 amide bonds. The molecule has 11 heteroatoms. The van der Waals surface area contributed by atoms with E-state index in [-0.39, 0.29) is 0 Å². The summed E-state index contributed by atoms with van der Waals surface area (Å²) in [5, 5.41) is 1.83. The van der Waals surface area contributed by atoms with Gasteiger partial charge in [-0.25, -0.2) is 0 Å². The van der Waals surface area contributed by atoms with E-state index in [2.05, 4.69) is 15.0 Å². The van der Waals surface area contributed by atoms with Crippen LogP contribution in [0.15, 0.2) is 0 Å². The molecule has 0 saturated carbocycles. The van der Waals surface area contributed by atoms with Crippen LogP contribution >= 0.6 is 0 Å². The summed E-state index contributed by atoms with van der Waals surface area (Å²) < 4.78 is 74.5. The highest BCUT2D eigenvalue weighted by Crippen LogP contribution is 2.33. The number of halogens is 6. The zero-order valence-electron chi connectivity index (χ0n) is 10.3. The molecule has 20 heavy (non-hydrogen) atoms. The maximum absolute atomic E-state index is 12.5. The maximum atomic E-state index is 12.5. The molecule has 2 atom stereocenters. The molecule has 0 bridgehead atoms. The van der Waals surface area contributed by atoms with Crippen molar-refractivity contribution in [3.8, 4) is 0 Å². The van der Waals surface area contributed by atoms with E-state index in [0.717, 1.165) is 13.8 Å². The SMILES string of the molecule is CC(Nc1nc(N)nc(C(C)C(F)(F)F)n1)C(F)(F)F. The van der Waals surface area contributed by atoms with Crippen molar-refractivity contribution in [3.05, 3.63) is 5.82 Å². The normalized spacial score (nSPS) is 15.8. The summed E-state index contributed by atoms with van der Waals surface area (Å²) in [6.07, 6.45) is -9.24. The van der Waals surface area contributed by atoms with E-state index in [1.807, 2.05) is 5.32 Å². The summed E-state index contributed by atoms with van der Waals surface area (Å²) in [4.78, 5) is 9.93. The van der Waals surface area contributed by atoms with E-state index >= 15 is 0 Å². The minimum Gasteiger partial charge on any atom is -0.368 e. The largest absolute Gasteiger partial charge is 0.408 e. The van der Waals surface area contributed by atoms with Gasteiger partial charge < -0.3 is 11.1 Å². The van der Waals surface area contributed by atoms with Crippen LogP contribution in [-0.4, -0.2) is 33.3 Å². The number of aromatic nitrogens is 3. The number of anilines is 2. The van der Waals surface area contributed by atoms with E-state index in [9.17, 15) is 26.3 Å². The zero-order chi connectivity index (χ0) is 15.7. The van der Waals surface area contributed by atoms with Gasteiger partial charge in [-0.2, -0.15) is 41.3 Å². The van der Waals surface area contributed by atoms with Gasteiger partial charge in [-0.15, -0.1) is 0 Å². The van der Waals surface area contributed by atoms with E-state index < -0.39 is 42.0 Å². The van der Waals surface area contributed by atoms with Crippen LogP contribution in [0.1, 0.15) is 25.6 Å². The summed E-state index contributed by atoms with van der Waals surface area (Å²) in [6, 6.07) is -2.04. The lowest BCUT2D eigenvalue weighted by atomic mass is 10.1. The second kappa shape index (κ2) is 5.29.